The molecule has 0 saturated carbocycles. The molecule has 0 aliphatic carbocycles. The Kier molecular flexibility index (Phi) is 5.32. The van der Waals surface area contributed by atoms with Gasteiger partial charge in [-0.05, 0) is 43.2 Å². The molecule has 5 nitrogen and oxygen atoms in total. The maximum atomic E-state index is 12.0. The molecule has 1 aromatic rings. The fraction of sp³-hybridized carbons (Fsp3) is 0.389. The molecule has 1 aromatic carbocycles. The number of likely N-dealkylation sites (N-methyl/N-ethyl adjacent to an activating group) is 1. The average molecular weight is 317 g/mol. The minimum absolute atomic E-state index is 0.281. The second kappa shape index (κ2) is 7.22. The summed E-state index contributed by atoms with van der Waals surface area (Å²) in [5.74, 6) is 1.22. The van der Waals surface area contributed by atoms with Crippen LogP contribution in [0.2, 0.25) is 0 Å². The predicted molar refractivity (Wildman–Crippen MR) is 89.6 cm³/mol. The zero-order chi connectivity index (χ0) is 17.0. The largest absolute Gasteiger partial charge is 0.496 e. The fourth-order valence-corrected chi connectivity index (χ4v) is 2.58. The van der Waals surface area contributed by atoms with E-state index in [9.17, 15) is 4.79 Å². The number of esters is 1. The number of benzene rings is 1. The molecule has 0 aromatic heterocycles. The molecular weight excluding hydrogens is 294 g/mol. The van der Waals surface area contributed by atoms with Crippen LogP contribution in [0.4, 0.5) is 0 Å². The van der Waals surface area contributed by atoms with Crippen molar-refractivity contribution in [3.05, 3.63) is 41.1 Å². The van der Waals surface area contributed by atoms with Crippen molar-refractivity contribution in [1.29, 1.82) is 0 Å². The van der Waals surface area contributed by atoms with Crippen molar-refractivity contribution >= 4 is 11.5 Å². The molecule has 0 saturated heterocycles. The van der Waals surface area contributed by atoms with E-state index >= 15 is 0 Å². The Morgan fingerprint density at radius 3 is 2.35 bits per heavy atom. The molecular formula is C18H23NO4. The van der Waals surface area contributed by atoms with E-state index in [4.69, 9.17) is 14.2 Å². The predicted octanol–water partition coefficient (Wildman–Crippen LogP) is 2.79. The van der Waals surface area contributed by atoms with E-state index in [1.54, 1.807) is 21.1 Å². The Hall–Kier alpha value is -2.43. The van der Waals surface area contributed by atoms with Crippen LogP contribution in [0, 0.1) is 6.92 Å². The van der Waals surface area contributed by atoms with Crippen LogP contribution >= 0.6 is 0 Å². The van der Waals surface area contributed by atoms with Gasteiger partial charge in [-0.2, -0.15) is 0 Å². The van der Waals surface area contributed by atoms with Crippen LogP contribution in [0.15, 0.2) is 30.0 Å². The molecule has 0 radical (unpaired) electrons. The first-order valence-electron chi connectivity index (χ1n) is 7.52. The molecule has 0 fully saturated rings. The number of nitrogens with zero attached hydrogens (tertiary/aromatic N) is 1. The van der Waals surface area contributed by atoms with Gasteiger partial charge in [0.2, 0.25) is 0 Å². The van der Waals surface area contributed by atoms with Gasteiger partial charge in [-0.15, -0.1) is 0 Å². The number of rotatable bonds is 5. The SMILES string of the molecule is CCOC(=O)C1=CC(c2cc(OC)c(C)c(OC)c2)=CN(C)C1. The van der Waals surface area contributed by atoms with Crippen LogP contribution in [0.3, 0.4) is 0 Å². The van der Waals surface area contributed by atoms with E-state index < -0.39 is 0 Å². The number of carbonyl (C=O) groups excluding carboxylic acids is 1. The van der Waals surface area contributed by atoms with Gasteiger partial charge in [0.15, 0.2) is 0 Å². The summed E-state index contributed by atoms with van der Waals surface area (Å²) >= 11 is 0. The van der Waals surface area contributed by atoms with Crippen molar-refractivity contribution < 1.29 is 19.0 Å². The van der Waals surface area contributed by atoms with Gasteiger partial charge >= 0.3 is 5.97 Å². The molecule has 1 heterocycles. The quantitative estimate of drug-likeness (QED) is 0.782. The number of ether oxygens (including phenoxy) is 3. The third-order valence-corrected chi connectivity index (χ3v) is 3.73. The van der Waals surface area contributed by atoms with E-state index in [1.807, 2.05) is 43.3 Å². The van der Waals surface area contributed by atoms with Crippen molar-refractivity contribution in [2.24, 2.45) is 0 Å². The van der Waals surface area contributed by atoms with Crippen LogP contribution in [0.5, 0.6) is 11.5 Å². The van der Waals surface area contributed by atoms with Crippen molar-refractivity contribution in [3.8, 4) is 11.5 Å². The minimum Gasteiger partial charge on any atom is -0.496 e. The van der Waals surface area contributed by atoms with Gasteiger partial charge in [-0.1, -0.05) is 0 Å². The molecule has 1 aliphatic rings. The lowest BCUT2D eigenvalue weighted by atomic mass is 9.98. The summed E-state index contributed by atoms with van der Waals surface area (Å²) in [4.78, 5) is 14.0. The zero-order valence-corrected chi connectivity index (χ0v) is 14.3. The van der Waals surface area contributed by atoms with Crippen LogP contribution in [-0.2, 0) is 9.53 Å². The highest BCUT2D eigenvalue weighted by atomic mass is 16.5. The maximum Gasteiger partial charge on any atom is 0.335 e. The molecule has 1 aliphatic heterocycles. The van der Waals surface area contributed by atoms with Crippen LogP contribution < -0.4 is 9.47 Å². The summed E-state index contributed by atoms with van der Waals surface area (Å²) in [5, 5.41) is 0. The molecule has 124 valence electrons. The molecule has 0 N–H and O–H groups in total. The monoisotopic (exact) mass is 317 g/mol. The van der Waals surface area contributed by atoms with Gasteiger partial charge in [0, 0.05) is 25.4 Å². The van der Waals surface area contributed by atoms with Gasteiger partial charge in [-0.3, -0.25) is 0 Å². The summed E-state index contributed by atoms with van der Waals surface area (Å²) in [6.45, 7) is 4.65. The number of methoxy groups -OCH3 is 2. The van der Waals surface area contributed by atoms with E-state index in [-0.39, 0.29) is 5.97 Å². The summed E-state index contributed by atoms with van der Waals surface area (Å²) in [6, 6.07) is 3.89. The molecule has 23 heavy (non-hydrogen) atoms. The Bertz CT molecular complexity index is 636. The third kappa shape index (κ3) is 3.67. The molecule has 0 atom stereocenters. The first-order chi connectivity index (χ1) is 11.0. The maximum absolute atomic E-state index is 12.0. The molecule has 2 rings (SSSR count). The van der Waals surface area contributed by atoms with Crippen molar-refractivity contribution in [3.63, 3.8) is 0 Å². The lowest BCUT2D eigenvalue weighted by Gasteiger charge is -2.23. The highest BCUT2D eigenvalue weighted by Gasteiger charge is 2.19. The van der Waals surface area contributed by atoms with Crippen LogP contribution in [0.25, 0.3) is 5.57 Å². The van der Waals surface area contributed by atoms with Gasteiger partial charge in [0.1, 0.15) is 11.5 Å². The zero-order valence-electron chi connectivity index (χ0n) is 14.3. The van der Waals surface area contributed by atoms with Crippen molar-refractivity contribution in [2.75, 3.05) is 34.4 Å². The molecule has 0 amide bonds. The number of allylic oxidation sites excluding steroid dienone is 2. The van der Waals surface area contributed by atoms with E-state index in [2.05, 4.69) is 0 Å². The van der Waals surface area contributed by atoms with Crippen molar-refractivity contribution in [2.45, 2.75) is 13.8 Å². The third-order valence-electron chi connectivity index (χ3n) is 3.73. The highest BCUT2D eigenvalue weighted by Crippen LogP contribution is 2.34. The number of carbonyl (C=O) groups is 1. The lowest BCUT2D eigenvalue weighted by molar-refractivity contribution is -0.138. The second-order valence-corrected chi connectivity index (χ2v) is 5.40. The first kappa shape index (κ1) is 16.9. The summed E-state index contributed by atoms with van der Waals surface area (Å²) in [5.41, 5.74) is 3.42. The summed E-state index contributed by atoms with van der Waals surface area (Å²) in [6.07, 6.45) is 3.85. The van der Waals surface area contributed by atoms with Crippen LogP contribution in [0.1, 0.15) is 18.1 Å². The van der Waals surface area contributed by atoms with Gasteiger partial charge < -0.3 is 19.1 Å². The average Bonchev–Trinajstić information content (AvgIpc) is 2.54. The smallest absolute Gasteiger partial charge is 0.335 e. The van der Waals surface area contributed by atoms with Gasteiger partial charge in [0.25, 0.3) is 0 Å². The first-order valence-corrected chi connectivity index (χ1v) is 7.52. The van der Waals surface area contributed by atoms with Gasteiger partial charge in [-0.25, -0.2) is 4.79 Å². The van der Waals surface area contributed by atoms with Gasteiger partial charge in [0.05, 0.1) is 26.4 Å². The minimum atomic E-state index is -0.281. The normalized spacial score (nSPS) is 14.0. The fourth-order valence-electron chi connectivity index (χ4n) is 2.58. The van der Waals surface area contributed by atoms with Crippen molar-refractivity contribution in [1.82, 2.24) is 4.90 Å². The summed E-state index contributed by atoms with van der Waals surface area (Å²) < 4.78 is 16.0. The molecule has 0 bridgehead atoms. The topological polar surface area (TPSA) is 48.0 Å². The van der Waals surface area contributed by atoms with E-state index in [1.165, 1.54) is 0 Å². The molecule has 5 heteroatoms. The summed E-state index contributed by atoms with van der Waals surface area (Å²) in [7, 11) is 5.19. The lowest BCUT2D eigenvalue weighted by Crippen LogP contribution is -2.24. The standard InChI is InChI=1S/C18H23NO4/c1-6-23-18(20)15-7-14(10-19(3)11-15)13-8-16(21-4)12(2)17(9-13)22-5/h7-10H,6,11H2,1-5H3. The second-order valence-electron chi connectivity index (χ2n) is 5.40. The Morgan fingerprint density at radius 2 is 1.83 bits per heavy atom. The van der Waals surface area contributed by atoms with E-state index in [0.29, 0.717) is 18.7 Å². The Morgan fingerprint density at radius 1 is 1.22 bits per heavy atom. The Balaban J connectivity index is 2.45. The van der Waals surface area contributed by atoms with Crippen LogP contribution in [-0.4, -0.2) is 45.3 Å². The molecule has 0 spiro atoms. The van der Waals surface area contributed by atoms with E-state index in [0.717, 1.165) is 28.2 Å². The Labute approximate surface area is 137 Å². The number of hydrogen-bond donors (Lipinski definition) is 0. The molecule has 0 unspecified atom stereocenters. The number of hydrogen-bond acceptors (Lipinski definition) is 5. The highest BCUT2D eigenvalue weighted by molar-refractivity contribution is 5.94.